The van der Waals surface area contributed by atoms with E-state index in [9.17, 15) is 4.79 Å². The number of methoxy groups -OCH3 is 1. The van der Waals surface area contributed by atoms with E-state index in [4.69, 9.17) is 16.3 Å². The standard InChI is InChI=1S/C12H15BrClNO2/c1-15(12(16)8-14)6-5-9-3-4-11(17-2)10(13)7-9/h3-4,7H,5-6,8H2,1-2H3. The van der Waals surface area contributed by atoms with Crippen molar-refractivity contribution in [3.05, 3.63) is 28.2 Å². The Morgan fingerprint density at radius 1 is 1.53 bits per heavy atom. The molecule has 0 atom stereocenters. The van der Waals surface area contributed by atoms with Crippen molar-refractivity contribution in [1.29, 1.82) is 0 Å². The molecule has 0 aromatic heterocycles. The summed E-state index contributed by atoms with van der Waals surface area (Å²) in [6, 6.07) is 5.89. The molecule has 3 nitrogen and oxygen atoms in total. The topological polar surface area (TPSA) is 29.5 Å². The van der Waals surface area contributed by atoms with Crippen LogP contribution in [0.2, 0.25) is 0 Å². The second kappa shape index (κ2) is 6.87. The van der Waals surface area contributed by atoms with E-state index < -0.39 is 0 Å². The monoisotopic (exact) mass is 319 g/mol. The van der Waals surface area contributed by atoms with Crippen LogP contribution in [0.3, 0.4) is 0 Å². The molecule has 1 amide bonds. The fraction of sp³-hybridized carbons (Fsp3) is 0.417. The number of halogens is 2. The first-order chi connectivity index (χ1) is 8.08. The molecule has 0 aliphatic carbocycles. The predicted octanol–water partition coefficient (Wildman–Crippen LogP) is 2.70. The summed E-state index contributed by atoms with van der Waals surface area (Å²) in [4.78, 5) is 12.9. The van der Waals surface area contributed by atoms with Crippen LogP contribution in [0, 0.1) is 0 Å². The third-order valence-corrected chi connectivity index (χ3v) is 3.34. The van der Waals surface area contributed by atoms with Crippen LogP contribution in [0.1, 0.15) is 5.56 Å². The Hall–Kier alpha value is -0.740. The smallest absolute Gasteiger partial charge is 0.237 e. The second-order valence-electron chi connectivity index (χ2n) is 3.67. The third-order valence-electron chi connectivity index (χ3n) is 2.49. The van der Waals surface area contributed by atoms with Gasteiger partial charge in [-0.2, -0.15) is 0 Å². The van der Waals surface area contributed by atoms with Gasteiger partial charge in [0.15, 0.2) is 0 Å². The number of hydrogen-bond donors (Lipinski definition) is 0. The fourth-order valence-corrected chi connectivity index (χ4v) is 2.18. The number of carbonyl (C=O) groups excluding carboxylic acids is 1. The molecule has 0 heterocycles. The van der Waals surface area contributed by atoms with E-state index in [-0.39, 0.29) is 11.8 Å². The lowest BCUT2D eigenvalue weighted by atomic mass is 10.1. The molecule has 1 rings (SSSR count). The highest BCUT2D eigenvalue weighted by Crippen LogP contribution is 2.25. The van der Waals surface area contributed by atoms with Gasteiger partial charge in [0.1, 0.15) is 11.6 Å². The Morgan fingerprint density at radius 2 is 2.24 bits per heavy atom. The fourth-order valence-electron chi connectivity index (χ4n) is 1.39. The van der Waals surface area contributed by atoms with Gasteiger partial charge in [-0.3, -0.25) is 4.79 Å². The maximum Gasteiger partial charge on any atom is 0.237 e. The summed E-state index contributed by atoms with van der Waals surface area (Å²) in [6.07, 6.45) is 0.793. The molecular formula is C12H15BrClNO2. The molecule has 0 radical (unpaired) electrons. The SMILES string of the molecule is COc1ccc(CCN(C)C(=O)CCl)cc1Br. The summed E-state index contributed by atoms with van der Waals surface area (Å²) in [7, 11) is 3.38. The van der Waals surface area contributed by atoms with Crippen LogP contribution in [0.4, 0.5) is 0 Å². The van der Waals surface area contributed by atoms with Crippen molar-refractivity contribution < 1.29 is 9.53 Å². The first-order valence-electron chi connectivity index (χ1n) is 5.20. The quantitative estimate of drug-likeness (QED) is 0.781. The molecule has 0 spiro atoms. The van der Waals surface area contributed by atoms with Gasteiger partial charge in [-0.15, -0.1) is 11.6 Å². The zero-order chi connectivity index (χ0) is 12.8. The Kier molecular flexibility index (Phi) is 5.78. The average molecular weight is 321 g/mol. The molecule has 0 fully saturated rings. The Morgan fingerprint density at radius 3 is 2.76 bits per heavy atom. The Labute approximate surface area is 115 Å². The summed E-state index contributed by atoms with van der Waals surface area (Å²) in [6.45, 7) is 0.657. The van der Waals surface area contributed by atoms with Crippen LogP contribution in [-0.2, 0) is 11.2 Å². The molecule has 94 valence electrons. The number of nitrogens with zero attached hydrogens (tertiary/aromatic N) is 1. The zero-order valence-corrected chi connectivity index (χ0v) is 12.2. The van der Waals surface area contributed by atoms with Crippen molar-refractivity contribution in [2.75, 3.05) is 26.6 Å². The van der Waals surface area contributed by atoms with Gasteiger partial charge in [0.05, 0.1) is 11.6 Å². The minimum atomic E-state index is -0.0563. The van der Waals surface area contributed by atoms with Crippen molar-refractivity contribution in [1.82, 2.24) is 4.90 Å². The molecule has 0 aliphatic heterocycles. The van der Waals surface area contributed by atoms with Gasteiger partial charge >= 0.3 is 0 Å². The van der Waals surface area contributed by atoms with Gasteiger partial charge in [-0.05, 0) is 40.0 Å². The first kappa shape index (κ1) is 14.3. The molecule has 0 aliphatic rings. The molecule has 17 heavy (non-hydrogen) atoms. The molecule has 0 saturated carbocycles. The van der Waals surface area contributed by atoms with E-state index in [0.717, 1.165) is 22.2 Å². The van der Waals surface area contributed by atoms with Gasteiger partial charge in [0.25, 0.3) is 0 Å². The molecule has 0 saturated heterocycles. The zero-order valence-electron chi connectivity index (χ0n) is 9.87. The summed E-state index contributed by atoms with van der Waals surface area (Å²) < 4.78 is 6.07. The van der Waals surface area contributed by atoms with Crippen molar-refractivity contribution >= 4 is 33.4 Å². The minimum Gasteiger partial charge on any atom is -0.496 e. The highest BCUT2D eigenvalue weighted by Gasteiger charge is 2.07. The summed E-state index contributed by atoms with van der Waals surface area (Å²) in [5.41, 5.74) is 1.15. The van der Waals surface area contributed by atoms with E-state index >= 15 is 0 Å². The van der Waals surface area contributed by atoms with Crippen LogP contribution >= 0.6 is 27.5 Å². The van der Waals surface area contributed by atoms with Crippen molar-refractivity contribution in [3.8, 4) is 5.75 Å². The van der Waals surface area contributed by atoms with Crippen molar-refractivity contribution in [2.45, 2.75) is 6.42 Å². The maximum absolute atomic E-state index is 11.3. The van der Waals surface area contributed by atoms with Crippen LogP contribution in [0.25, 0.3) is 0 Å². The summed E-state index contributed by atoms with van der Waals surface area (Å²) in [5, 5.41) is 0. The predicted molar refractivity (Wildman–Crippen MR) is 72.8 cm³/mol. The Bertz CT molecular complexity index is 398. The highest BCUT2D eigenvalue weighted by atomic mass is 79.9. The van der Waals surface area contributed by atoms with E-state index in [1.807, 2.05) is 18.2 Å². The number of benzene rings is 1. The number of amides is 1. The normalized spacial score (nSPS) is 10.1. The highest BCUT2D eigenvalue weighted by molar-refractivity contribution is 9.10. The molecule has 0 bridgehead atoms. The van der Waals surface area contributed by atoms with E-state index in [2.05, 4.69) is 15.9 Å². The molecule has 1 aromatic carbocycles. The number of alkyl halides is 1. The molecule has 0 N–H and O–H groups in total. The van der Waals surface area contributed by atoms with Gasteiger partial charge < -0.3 is 9.64 Å². The minimum absolute atomic E-state index is 0.0306. The van der Waals surface area contributed by atoms with Crippen LogP contribution in [0.5, 0.6) is 5.75 Å². The number of carbonyl (C=O) groups is 1. The number of likely N-dealkylation sites (N-methyl/N-ethyl adjacent to an activating group) is 1. The van der Waals surface area contributed by atoms with Gasteiger partial charge in [-0.1, -0.05) is 6.07 Å². The van der Waals surface area contributed by atoms with Crippen LogP contribution in [-0.4, -0.2) is 37.4 Å². The van der Waals surface area contributed by atoms with Crippen molar-refractivity contribution in [2.24, 2.45) is 0 Å². The summed E-state index contributed by atoms with van der Waals surface area (Å²) >= 11 is 8.91. The van der Waals surface area contributed by atoms with Crippen LogP contribution < -0.4 is 4.74 Å². The molecule has 1 aromatic rings. The lowest BCUT2D eigenvalue weighted by molar-refractivity contribution is -0.127. The van der Waals surface area contributed by atoms with E-state index in [0.29, 0.717) is 6.54 Å². The first-order valence-corrected chi connectivity index (χ1v) is 6.53. The van der Waals surface area contributed by atoms with E-state index in [1.165, 1.54) is 0 Å². The third kappa shape index (κ3) is 4.21. The largest absolute Gasteiger partial charge is 0.496 e. The number of hydrogen-bond acceptors (Lipinski definition) is 2. The van der Waals surface area contributed by atoms with E-state index in [1.54, 1.807) is 19.1 Å². The maximum atomic E-state index is 11.3. The van der Waals surface area contributed by atoms with Crippen molar-refractivity contribution in [3.63, 3.8) is 0 Å². The second-order valence-corrected chi connectivity index (χ2v) is 4.79. The van der Waals surface area contributed by atoms with Crippen LogP contribution in [0.15, 0.2) is 22.7 Å². The average Bonchev–Trinajstić information content (AvgIpc) is 2.35. The van der Waals surface area contributed by atoms with Gasteiger partial charge in [-0.25, -0.2) is 0 Å². The number of ether oxygens (including phenoxy) is 1. The van der Waals surface area contributed by atoms with Gasteiger partial charge in [0, 0.05) is 13.6 Å². The lowest BCUT2D eigenvalue weighted by Crippen LogP contribution is -2.29. The molecule has 5 heteroatoms. The number of rotatable bonds is 5. The van der Waals surface area contributed by atoms with Gasteiger partial charge in [0.2, 0.25) is 5.91 Å². The molecule has 0 unspecified atom stereocenters. The molecular weight excluding hydrogens is 305 g/mol. The Balaban J connectivity index is 2.58. The summed E-state index contributed by atoms with van der Waals surface area (Å²) in [5.74, 6) is 0.779. The lowest BCUT2D eigenvalue weighted by Gasteiger charge is -2.15.